The van der Waals surface area contributed by atoms with Gasteiger partial charge in [-0.05, 0) is 37.7 Å². The summed E-state index contributed by atoms with van der Waals surface area (Å²) in [4.78, 5) is 32.3. The monoisotopic (exact) mass is 407 g/mol. The minimum Gasteiger partial charge on any atom is -0.343 e. The molecule has 0 aliphatic heterocycles. The number of benzene rings is 2. The van der Waals surface area contributed by atoms with E-state index in [0.29, 0.717) is 22.8 Å². The molecule has 1 amide bonds. The highest BCUT2D eigenvalue weighted by molar-refractivity contribution is 7.98. The average molecular weight is 408 g/mol. The van der Waals surface area contributed by atoms with Gasteiger partial charge >= 0.3 is 0 Å². The first kappa shape index (κ1) is 20.9. The molecule has 1 aromatic heterocycles. The standard InChI is InChI=1S/C23H25N3O2S/c1-16-19(21(28)25-22(24-16)29-3)14-15-20(27)26-23(2,17-10-6-4-7-11-17)18-12-8-5-9-13-18/h4-13H,14-15H2,1-3H3,(H,26,27)(H,24,25,28). The first-order valence-electron chi connectivity index (χ1n) is 9.50. The minimum absolute atomic E-state index is 0.118. The molecule has 3 rings (SSSR count). The summed E-state index contributed by atoms with van der Waals surface area (Å²) in [5.74, 6) is -0.118. The molecule has 2 aromatic carbocycles. The van der Waals surface area contributed by atoms with Crippen LogP contribution in [-0.2, 0) is 16.8 Å². The number of nitrogens with one attached hydrogen (secondary N) is 2. The number of hydrogen-bond acceptors (Lipinski definition) is 4. The molecule has 0 aliphatic carbocycles. The van der Waals surface area contributed by atoms with Crippen molar-refractivity contribution in [2.75, 3.05) is 6.26 Å². The maximum absolute atomic E-state index is 12.9. The Bertz CT molecular complexity index is 993. The Labute approximate surface area is 175 Å². The number of aromatic amines is 1. The van der Waals surface area contributed by atoms with Crippen LogP contribution >= 0.6 is 11.8 Å². The highest BCUT2D eigenvalue weighted by Crippen LogP contribution is 2.29. The van der Waals surface area contributed by atoms with Gasteiger partial charge in [-0.3, -0.25) is 9.59 Å². The second-order valence-electron chi connectivity index (χ2n) is 7.04. The molecule has 3 aromatic rings. The van der Waals surface area contributed by atoms with Gasteiger partial charge in [0.2, 0.25) is 5.91 Å². The molecule has 2 N–H and O–H groups in total. The fraction of sp³-hybridized carbons (Fsp3) is 0.261. The van der Waals surface area contributed by atoms with Crippen LogP contribution in [0.3, 0.4) is 0 Å². The van der Waals surface area contributed by atoms with Crippen LogP contribution in [0.15, 0.2) is 70.6 Å². The molecule has 0 radical (unpaired) electrons. The summed E-state index contributed by atoms with van der Waals surface area (Å²) >= 11 is 1.39. The van der Waals surface area contributed by atoms with Crippen molar-refractivity contribution in [3.05, 3.63) is 93.4 Å². The summed E-state index contributed by atoms with van der Waals surface area (Å²) < 4.78 is 0. The Morgan fingerprint density at radius 1 is 1.07 bits per heavy atom. The molecule has 6 heteroatoms. The molecule has 5 nitrogen and oxygen atoms in total. The highest BCUT2D eigenvalue weighted by atomic mass is 32.2. The zero-order valence-electron chi connectivity index (χ0n) is 16.9. The molecule has 0 spiro atoms. The third kappa shape index (κ3) is 4.77. The largest absolute Gasteiger partial charge is 0.343 e. The predicted molar refractivity (Wildman–Crippen MR) is 117 cm³/mol. The first-order valence-corrected chi connectivity index (χ1v) is 10.7. The predicted octanol–water partition coefficient (Wildman–Crippen LogP) is 3.81. The lowest BCUT2D eigenvalue weighted by molar-refractivity contribution is -0.122. The second kappa shape index (κ2) is 9.09. The van der Waals surface area contributed by atoms with E-state index in [9.17, 15) is 9.59 Å². The van der Waals surface area contributed by atoms with Gasteiger partial charge in [-0.2, -0.15) is 0 Å². The van der Waals surface area contributed by atoms with Crippen molar-refractivity contribution in [3.63, 3.8) is 0 Å². The normalized spacial score (nSPS) is 11.3. The molecule has 0 atom stereocenters. The van der Waals surface area contributed by atoms with Crippen molar-refractivity contribution in [2.24, 2.45) is 0 Å². The van der Waals surface area contributed by atoms with E-state index < -0.39 is 5.54 Å². The molecular formula is C23H25N3O2S. The summed E-state index contributed by atoms with van der Waals surface area (Å²) in [6, 6.07) is 19.8. The molecule has 150 valence electrons. The van der Waals surface area contributed by atoms with E-state index in [-0.39, 0.29) is 17.9 Å². The lowest BCUT2D eigenvalue weighted by atomic mass is 9.84. The molecule has 29 heavy (non-hydrogen) atoms. The fourth-order valence-electron chi connectivity index (χ4n) is 3.41. The van der Waals surface area contributed by atoms with Gasteiger partial charge < -0.3 is 10.3 Å². The van der Waals surface area contributed by atoms with Crippen LogP contribution in [0.25, 0.3) is 0 Å². The Balaban J connectivity index is 1.81. The van der Waals surface area contributed by atoms with Crippen molar-refractivity contribution in [2.45, 2.75) is 37.4 Å². The molecule has 1 heterocycles. The van der Waals surface area contributed by atoms with E-state index in [0.717, 1.165) is 11.1 Å². The lowest BCUT2D eigenvalue weighted by Gasteiger charge is -2.32. The molecule has 0 saturated heterocycles. The van der Waals surface area contributed by atoms with Gasteiger partial charge in [0.05, 0.1) is 5.54 Å². The summed E-state index contributed by atoms with van der Waals surface area (Å²) in [5, 5.41) is 3.77. The number of nitrogens with zero attached hydrogens (tertiary/aromatic N) is 1. The Morgan fingerprint density at radius 2 is 1.62 bits per heavy atom. The van der Waals surface area contributed by atoms with Crippen LogP contribution in [0.4, 0.5) is 0 Å². The maximum Gasteiger partial charge on any atom is 0.254 e. The Kier molecular flexibility index (Phi) is 6.54. The van der Waals surface area contributed by atoms with Crippen LogP contribution in [0.5, 0.6) is 0 Å². The van der Waals surface area contributed by atoms with E-state index in [4.69, 9.17) is 0 Å². The van der Waals surface area contributed by atoms with Crippen LogP contribution in [0.2, 0.25) is 0 Å². The number of hydrogen-bond donors (Lipinski definition) is 2. The van der Waals surface area contributed by atoms with Crippen molar-refractivity contribution < 1.29 is 4.79 Å². The van der Waals surface area contributed by atoms with Crippen LogP contribution in [-0.4, -0.2) is 22.1 Å². The molecule has 0 aliphatic rings. The quantitative estimate of drug-likeness (QED) is 0.461. The Hall–Kier alpha value is -2.86. The van der Waals surface area contributed by atoms with Gasteiger partial charge in [0.15, 0.2) is 5.16 Å². The van der Waals surface area contributed by atoms with Gasteiger partial charge in [0.25, 0.3) is 5.56 Å². The summed E-state index contributed by atoms with van der Waals surface area (Å²) in [6.07, 6.45) is 2.41. The lowest BCUT2D eigenvalue weighted by Crippen LogP contribution is -2.44. The van der Waals surface area contributed by atoms with Crippen LogP contribution in [0, 0.1) is 6.92 Å². The zero-order chi connectivity index (χ0) is 20.9. The van der Waals surface area contributed by atoms with Gasteiger partial charge in [0.1, 0.15) is 0 Å². The Morgan fingerprint density at radius 3 is 2.10 bits per heavy atom. The number of H-pyrrole nitrogens is 1. The van der Waals surface area contributed by atoms with E-state index in [1.807, 2.05) is 73.8 Å². The third-order valence-corrected chi connectivity index (χ3v) is 5.67. The van der Waals surface area contributed by atoms with E-state index in [2.05, 4.69) is 15.3 Å². The summed E-state index contributed by atoms with van der Waals surface area (Å²) in [5.41, 5.74) is 2.38. The van der Waals surface area contributed by atoms with E-state index in [1.165, 1.54) is 11.8 Å². The van der Waals surface area contributed by atoms with E-state index in [1.54, 1.807) is 6.92 Å². The van der Waals surface area contributed by atoms with E-state index >= 15 is 0 Å². The number of amides is 1. The minimum atomic E-state index is -0.665. The van der Waals surface area contributed by atoms with Crippen molar-refractivity contribution in [1.82, 2.24) is 15.3 Å². The molecule has 0 saturated carbocycles. The zero-order valence-corrected chi connectivity index (χ0v) is 17.7. The average Bonchev–Trinajstić information content (AvgIpc) is 2.74. The number of carbonyl (C=O) groups excluding carboxylic acids is 1. The molecule has 0 fully saturated rings. The van der Waals surface area contributed by atoms with Crippen molar-refractivity contribution in [3.8, 4) is 0 Å². The van der Waals surface area contributed by atoms with Crippen molar-refractivity contribution in [1.29, 1.82) is 0 Å². The third-order valence-electron chi connectivity index (χ3n) is 5.09. The van der Waals surface area contributed by atoms with Crippen LogP contribution in [0.1, 0.15) is 35.7 Å². The first-order chi connectivity index (χ1) is 13.9. The number of rotatable bonds is 7. The van der Waals surface area contributed by atoms with Crippen LogP contribution < -0.4 is 10.9 Å². The highest BCUT2D eigenvalue weighted by Gasteiger charge is 2.30. The van der Waals surface area contributed by atoms with Gasteiger partial charge in [-0.25, -0.2) is 4.98 Å². The van der Waals surface area contributed by atoms with Gasteiger partial charge in [-0.15, -0.1) is 0 Å². The number of carbonyl (C=O) groups is 1. The van der Waals surface area contributed by atoms with Gasteiger partial charge in [-0.1, -0.05) is 72.4 Å². The number of aryl methyl sites for hydroxylation is 1. The SMILES string of the molecule is CSc1nc(C)c(CCC(=O)NC(C)(c2ccccc2)c2ccccc2)c(=O)[nH]1. The number of aromatic nitrogens is 2. The summed E-state index contributed by atoms with van der Waals surface area (Å²) in [6.45, 7) is 3.81. The summed E-state index contributed by atoms with van der Waals surface area (Å²) in [7, 11) is 0. The maximum atomic E-state index is 12.9. The molecule has 0 unspecified atom stereocenters. The second-order valence-corrected chi connectivity index (χ2v) is 7.84. The van der Waals surface area contributed by atoms with Gasteiger partial charge in [0, 0.05) is 17.7 Å². The van der Waals surface area contributed by atoms with Crippen molar-refractivity contribution >= 4 is 17.7 Å². The smallest absolute Gasteiger partial charge is 0.254 e. The fourth-order valence-corrected chi connectivity index (χ4v) is 3.83. The molecule has 0 bridgehead atoms. The topological polar surface area (TPSA) is 74.8 Å². The number of thioether (sulfide) groups is 1. The molecular weight excluding hydrogens is 382 g/mol.